The van der Waals surface area contributed by atoms with Gasteiger partial charge in [0, 0.05) is 5.56 Å². The molecule has 0 saturated heterocycles. The second kappa shape index (κ2) is 8.26. The second-order valence-corrected chi connectivity index (χ2v) is 6.51. The summed E-state index contributed by atoms with van der Waals surface area (Å²) in [6.45, 7) is 2.19. The van der Waals surface area contributed by atoms with Crippen molar-refractivity contribution in [2.45, 2.75) is 13.5 Å². The smallest absolute Gasteiger partial charge is 0.283 e. The first-order chi connectivity index (χ1) is 12.6. The molecule has 1 heterocycles. The molecule has 0 radical (unpaired) electrons. The molecule has 1 amide bonds. The summed E-state index contributed by atoms with van der Waals surface area (Å²) in [7, 11) is 0. The van der Waals surface area contributed by atoms with Gasteiger partial charge in [-0.15, -0.1) is 0 Å². The number of nitrogen functional groups attached to an aromatic ring is 1. The van der Waals surface area contributed by atoms with E-state index in [0.717, 1.165) is 22.5 Å². The lowest BCUT2D eigenvalue weighted by Crippen LogP contribution is -2.17. The monoisotopic (exact) mass is 366 g/mol. The number of nitrogens with zero attached hydrogens (tertiary/aromatic N) is 2. The maximum Gasteiger partial charge on any atom is 0.283 e. The minimum Gasteiger partial charge on any atom is -0.488 e. The van der Waals surface area contributed by atoms with Crippen LogP contribution in [0.1, 0.15) is 26.5 Å². The number of carbonyl (C=O) groups excluding carboxylic acids is 1. The number of hydrogen-bond acceptors (Lipinski definition) is 6. The molecule has 2 aromatic carbocycles. The van der Waals surface area contributed by atoms with Gasteiger partial charge in [0.25, 0.3) is 5.91 Å². The molecule has 0 saturated carbocycles. The first-order valence-electron chi connectivity index (χ1n) is 7.95. The maximum absolute atomic E-state index is 12.1. The largest absolute Gasteiger partial charge is 0.488 e. The Morgan fingerprint density at radius 1 is 1.23 bits per heavy atom. The minimum absolute atomic E-state index is 0.337. The summed E-state index contributed by atoms with van der Waals surface area (Å²) in [6.07, 6.45) is 1.55. The van der Waals surface area contributed by atoms with Crippen LogP contribution in [0, 0.1) is 6.92 Å². The van der Waals surface area contributed by atoms with E-state index in [-0.39, 0.29) is 5.91 Å². The van der Waals surface area contributed by atoms with E-state index in [9.17, 15) is 4.79 Å². The second-order valence-electron chi connectivity index (χ2n) is 5.48. The minimum atomic E-state index is -0.337. The Morgan fingerprint density at radius 2 is 1.96 bits per heavy atom. The number of anilines is 1. The molecule has 0 bridgehead atoms. The van der Waals surface area contributed by atoms with Crippen LogP contribution in [0.15, 0.2) is 59.7 Å². The quantitative estimate of drug-likeness (QED) is 0.517. The van der Waals surface area contributed by atoms with E-state index in [2.05, 4.69) is 15.5 Å². The number of hydrazone groups is 1. The highest BCUT2D eigenvalue weighted by Crippen LogP contribution is 2.20. The van der Waals surface area contributed by atoms with E-state index < -0.39 is 0 Å². The molecular weight excluding hydrogens is 348 g/mol. The number of carbonyl (C=O) groups is 1. The van der Waals surface area contributed by atoms with Gasteiger partial charge in [0.05, 0.1) is 11.9 Å². The van der Waals surface area contributed by atoms with Gasteiger partial charge in [0.15, 0.2) is 5.13 Å². The lowest BCUT2D eigenvalue weighted by atomic mass is 10.2. The van der Waals surface area contributed by atoms with Crippen molar-refractivity contribution < 1.29 is 9.53 Å². The van der Waals surface area contributed by atoms with Crippen LogP contribution in [-0.2, 0) is 6.61 Å². The van der Waals surface area contributed by atoms with Crippen LogP contribution in [-0.4, -0.2) is 17.1 Å². The lowest BCUT2D eigenvalue weighted by molar-refractivity contribution is 0.0958. The van der Waals surface area contributed by atoms with Gasteiger partial charge in [-0.3, -0.25) is 4.79 Å². The Bertz CT molecular complexity index is 922. The standard InChI is InChI=1S/C19H18N4O2S/c1-13-17(26-19(20)22-13)18(24)23-21-11-15-9-5-6-10-16(15)25-12-14-7-3-2-4-8-14/h2-11H,12H2,1H3,(H2,20,22)(H,23,24)/b21-11+. The van der Waals surface area contributed by atoms with E-state index in [1.54, 1.807) is 13.1 Å². The Kier molecular flexibility index (Phi) is 5.60. The summed E-state index contributed by atoms with van der Waals surface area (Å²) < 4.78 is 5.86. The fourth-order valence-corrected chi connectivity index (χ4v) is 3.02. The summed E-state index contributed by atoms with van der Waals surface area (Å²) in [4.78, 5) is 16.6. The summed E-state index contributed by atoms with van der Waals surface area (Å²) in [5.74, 6) is 0.350. The van der Waals surface area contributed by atoms with Crippen LogP contribution in [0.3, 0.4) is 0 Å². The van der Waals surface area contributed by atoms with E-state index in [1.807, 2.05) is 54.6 Å². The van der Waals surface area contributed by atoms with Crippen molar-refractivity contribution in [3.63, 3.8) is 0 Å². The molecule has 0 fully saturated rings. The zero-order valence-electron chi connectivity index (χ0n) is 14.2. The SMILES string of the molecule is Cc1nc(N)sc1C(=O)N/N=C/c1ccccc1OCc1ccccc1. The fraction of sp³-hybridized carbons (Fsp3) is 0.105. The number of benzene rings is 2. The predicted molar refractivity (Wildman–Crippen MR) is 104 cm³/mol. The molecule has 3 rings (SSSR count). The third kappa shape index (κ3) is 4.46. The van der Waals surface area contributed by atoms with Gasteiger partial charge in [0.2, 0.25) is 0 Å². The lowest BCUT2D eigenvalue weighted by Gasteiger charge is -2.08. The Labute approximate surface area is 155 Å². The van der Waals surface area contributed by atoms with Crippen molar-refractivity contribution in [3.8, 4) is 5.75 Å². The number of thiazole rings is 1. The topological polar surface area (TPSA) is 89.6 Å². The Balaban J connectivity index is 1.65. The van der Waals surface area contributed by atoms with Crippen LogP contribution in [0.25, 0.3) is 0 Å². The molecule has 0 aliphatic rings. The maximum atomic E-state index is 12.1. The Hall–Kier alpha value is -3.19. The summed E-state index contributed by atoms with van der Waals surface area (Å²) in [5, 5.41) is 4.38. The molecule has 0 aliphatic heterocycles. The molecule has 7 heteroatoms. The number of amides is 1. The number of para-hydroxylation sites is 1. The third-order valence-corrected chi connectivity index (χ3v) is 4.53. The van der Waals surface area contributed by atoms with E-state index >= 15 is 0 Å². The molecule has 0 unspecified atom stereocenters. The number of nitrogens with one attached hydrogen (secondary N) is 1. The van der Waals surface area contributed by atoms with Crippen LogP contribution in [0.4, 0.5) is 5.13 Å². The third-order valence-electron chi connectivity index (χ3n) is 3.55. The van der Waals surface area contributed by atoms with Gasteiger partial charge in [-0.25, -0.2) is 10.4 Å². The van der Waals surface area contributed by atoms with Crippen LogP contribution >= 0.6 is 11.3 Å². The molecule has 0 aliphatic carbocycles. The van der Waals surface area contributed by atoms with Gasteiger partial charge in [-0.2, -0.15) is 5.10 Å². The molecule has 3 N–H and O–H groups in total. The van der Waals surface area contributed by atoms with Crippen molar-refractivity contribution in [1.82, 2.24) is 10.4 Å². The zero-order valence-corrected chi connectivity index (χ0v) is 15.0. The molecule has 0 atom stereocenters. The number of aryl methyl sites for hydroxylation is 1. The number of rotatable bonds is 6. The molecule has 3 aromatic rings. The highest BCUT2D eigenvalue weighted by atomic mass is 32.1. The average molecular weight is 366 g/mol. The molecule has 1 aromatic heterocycles. The molecule has 132 valence electrons. The van der Waals surface area contributed by atoms with Crippen molar-refractivity contribution >= 4 is 28.6 Å². The highest BCUT2D eigenvalue weighted by Gasteiger charge is 2.13. The Morgan fingerprint density at radius 3 is 2.69 bits per heavy atom. The predicted octanol–water partition coefficient (Wildman–Crippen LogP) is 3.38. The van der Waals surface area contributed by atoms with E-state index in [4.69, 9.17) is 10.5 Å². The average Bonchev–Trinajstić information content (AvgIpc) is 3.00. The summed E-state index contributed by atoms with van der Waals surface area (Å²) in [5.41, 5.74) is 10.5. The number of ether oxygens (including phenoxy) is 1. The van der Waals surface area contributed by atoms with Crippen LogP contribution < -0.4 is 15.9 Å². The zero-order chi connectivity index (χ0) is 18.4. The highest BCUT2D eigenvalue weighted by molar-refractivity contribution is 7.17. The van der Waals surface area contributed by atoms with E-state index in [0.29, 0.717) is 28.1 Å². The summed E-state index contributed by atoms with van der Waals surface area (Å²) in [6, 6.07) is 17.4. The van der Waals surface area contributed by atoms with Gasteiger partial charge >= 0.3 is 0 Å². The van der Waals surface area contributed by atoms with Gasteiger partial charge in [-0.1, -0.05) is 53.8 Å². The fourth-order valence-electron chi connectivity index (χ4n) is 2.29. The first-order valence-corrected chi connectivity index (χ1v) is 8.77. The summed E-state index contributed by atoms with van der Waals surface area (Å²) >= 11 is 1.13. The van der Waals surface area contributed by atoms with Crippen LogP contribution in [0.2, 0.25) is 0 Å². The van der Waals surface area contributed by atoms with Crippen LogP contribution in [0.5, 0.6) is 5.75 Å². The van der Waals surface area contributed by atoms with Crippen molar-refractivity contribution in [1.29, 1.82) is 0 Å². The normalized spacial score (nSPS) is 10.8. The molecular formula is C19H18N4O2S. The molecule has 6 nitrogen and oxygen atoms in total. The first kappa shape index (κ1) is 17.6. The van der Waals surface area contributed by atoms with E-state index in [1.165, 1.54) is 0 Å². The van der Waals surface area contributed by atoms with Crippen molar-refractivity contribution in [2.75, 3.05) is 5.73 Å². The number of nitrogens with two attached hydrogens (primary N) is 1. The number of aromatic nitrogens is 1. The van der Waals surface area contributed by atoms with Crippen molar-refractivity contribution in [2.24, 2.45) is 5.10 Å². The number of hydrogen-bond donors (Lipinski definition) is 2. The van der Waals surface area contributed by atoms with Crippen molar-refractivity contribution in [3.05, 3.63) is 76.3 Å². The van der Waals surface area contributed by atoms with Gasteiger partial charge < -0.3 is 10.5 Å². The van der Waals surface area contributed by atoms with Gasteiger partial charge in [0.1, 0.15) is 17.2 Å². The van der Waals surface area contributed by atoms with Gasteiger partial charge in [-0.05, 0) is 24.6 Å². The molecule has 26 heavy (non-hydrogen) atoms. The molecule has 0 spiro atoms.